The molecule has 0 bridgehead atoms. The number of hydrogen-bond acceptors (Lipinski definition) is 6. The third-order valence-electron chi connectivity index (χ3n) is 5.73. The maximum atomic E-state index is 11.7. The summed E-state index contributed by atoms with van der Waals surface area (Å²) in [6, 6.07) is 11.8. The zero-order valence-corrected chi connectivity index (χ0v) is 16.7. The Morgan fingerprint density at radius 2 is 2.03 bits per heavy atom. The van der Waals surface area contributed by atoms with Gasteiger partial charge < -0.3 is 10.4 Å². The van der Waals surface area contributed by atoms with Gasteiger partial charge in [-0.15, -0.1) is 12.6 Å². The number of benzene rings is 1. The SMILES string of the molecule is Cc1ccc[n+]([C@H]2[C@H](c3ccc([N+](=O)[O-])cc3)C(C#N)=C(S)N[C@]2(O)C2CC2)c1. The molecular weight excluding hydrogens is 388 g/mol. The lowest BCUT2D eigenvalue weighted by atomic mass is 9.76. The van der Waals surface area contributed by atoms with E-state index in [-0.39, 0.29) is 11.6 Å². The van der Waals surface area contributed by atoms with Crippen LogP contribution in [0, 0.1) is 34.3 Å². The van der Waals surface area contributed by atoms with Gasteiger partial charge in [0.2, 0.25) is 11.8 Å². The van der Waals surface area contributed by atoms with E-state index in [4.69, 9.17) is 0 Å². The second-order valence-corrected chi connectivity index (χ2v) is 8.15. The summed E-state index contributed by atoms with van der Waals surface area (Å²) in [6.07, 6.45) is 5.57. The summed E-state index contributed by atoms with van der Waals surface area (Å²) in [4.78, 5) is 10.6. The van der Waals surface area contributed by atoms with Crippen molar-refractivity contribution >= 4 is 18.3 Å². The fraction of sp³-hybridized carbons (Fsp3) is 0.333. The van der Waals surface area contributed by atoms with Crippen molar-refractivity contribution in [3.05, 3.63) is 80.6 Å². The van der Waals surface area contributed by atoms with Crippen molar-refractivity contribution < 1.29 is 14.6 Å². The third-order valence-corrected chi connectivity index (χ3v) is 6.08. The number of thiol groups is 1. The van der Waals surface area contributed by atoms with E-state index in [2.05, 4.69) is 24.0 Å². The summed E-state index contributed by atoms with van der Waals surface area (Å²) in [5.41, 5.74) is 0.827. The highest BCUT2D eigenvalue weighted by Crippen LogP contribution is 2.52. The molecule has 0 unspecified atom stereocenters. The van der Waals surface area contributed by atoms with E-state index >= 15 is 0 Å². The van der Waals surface area contributed by atoms with Crippen molar-refractivity contribution in [2.24, 2.45) is 5.92 Å². The van der Waals surface area contributed by atoms with Gasteiger partial charge in [0.25, 0.3) is 5.69 Å². The molecule has 1 aromatic heterocycles. The molecule has 0 radical (unpaired) electrons. The summed E-state index contributed by atoms with van der Waals surface area (Å²) < 4.78 is 1.93. The topological polar surface area (TPSA) is 103 Å². The molecule has 2 N–H and O–H groups in total. The number of nitro benzene ring substituents is 1. The number of non-ortho nitro benzene ring substituents is 1. The van der Waals surface area contributed by atoms with E-state index in [1.807, 2.05) is 36.0 Å². The normalized spacial score (nSPS) is 26.6. The molecule has 1 aliphatic heterocycles. The summed E-state index contributed by atoms with van der Waals surface area (Å²) in [5, 5.41) is 36.1. The first-order chi connectivity index (χ1) is 13.8. The number of aromatic nitrogens is 1. The predicted molar refractivity (Wildman–Crippen MR) is 109 cm³/mol. The highest BCUT2D eigenvalue weighted by molar-refractivity contribution is 7.84. The van der Waals surface area contributed by atoms with Crippen molar-refractivity contribution in [3.8, 4) is 6.07 Å². The molecule has 1 fully saturated rings. The Hall–Kier alpha value is -2.89. The third kappa shape index (κ3) is 3.37. The number of nitriles is 1. The molecular formula is C21H21N4O3S+. The Morgan fingerprint density at radius 3 is 2.59 bits per heavy atom. The molecule has 2 aromatic rings. The molecule has 0 amide bonds. The minimum atomic E-state index is -1.29. The van der Waals surface area contributed by atoms with Gasteiger partial charge in [0.15, 0.2) is 12.4 Å². The van der Waals surface area contributed by atoms with Crippen LogP contribution in [0.2, 0.25) is 0 Å². The minimum Gasteiger partial charge on any atom is -0.365 e. The number of nitrogens with one attached hydrogen (secondary N) is 1. The molecule has 1 aliphatic carbocycles. The number of pyridine rings is 1. The summed E-state index contributed by atoms with van der Waals surface area (Å²) >= 11 is 4.48. The zero-order valence-electron chi connectivity index (χ0n) is 15.8. The fourth-order valence-electron chi connectivity index (χ4n) is 4.22. The van der Waals surface area contributed by atoms with E-state index in [1.54, 1.807) is 12.1 Å². The van der Waals surface area contributed by atoms with Gasteiger partial charge in [0, 0.05) is 29.7 Å². The quantitative estimate of drug-likeness (QED) is 0.312. The first kappa shape index (κ1) is 19.4. The van der Waals surface area contributed by atoms with Crippen molar-refractivity contribution in [2.75, 3.05) is 0 Å². The zero-order chi connectivity index (χ0) is 20.8. The summed E-state index contributed by atoms with van der Waals surface area (Å²) in [5.74, 6) is -0.476. The van der Waals surface area contributed by atoms with Gasteiger partial charge in [-0.2, -0.15) is 9.83 Å². The van der Waals surface area contributed by atoms with E-state index in [0.29, 0.717) is 10.6 Å². The molecule has 29 heavy (non-hydrogen) atoms. The lowest BCUT2D eigenvalue weighted by Gasteiger charge is -2.42. The monoisotopic (exact) mass is 409 g/mol. The van der Waals surface area contributed by atoms with Gasteiger partial charge in [0.05, 0.1) is 27.5 Å². The first-order valence-corrected chi connectivity index (χ1v) is 9.85. The molecule has 4 rings (SSSR count). The van der Waals surface area contributed by atoms with Crippen LogP contribution in [0.25, 0.3) is 0 Å². The van der Waals surface area contributed by atoms with Crippen LogP contribution in [0.15, 0.2) is 59.4 Å². The fourth-order valence-corrected chi connectivity index (χ4v) is 4.59. The number of rotatable bonds is 4. The van der Waals surface area contributed by atoms with Crippen molar-refractivity contribution in [1.29, 1.82) is 5.26 Å². The molecule has 2 aliphatic rings. The highest BCUT2D eigenvalue weighted by Gasteiger charge is 2.60. The largest absolute Gasteiger partial charge is 0.365 e. The predicted octanol–water partition coefficient (Wildman–Crippen LogP) is 2.88. The average molecular weight is 409 g/mol. The molecule has 2 heterocycles. The van der Waals surface area contributed by atoms with E-state index in [0.717, 1.165) is 24.0 Å². The molecule has 148 valence electrons. The average Bonchev–Trinajstić information content (AvgIpc) is 3.53. The molecule has 1 saturated carbocycles. The van der Waals surface area contributed by atoms with Crippen LogP contribution in [0.5, 0.6) is 0 Å². The lowest BCUT2D eigenvalue weighted by Crippen LogP contribution is -2.65. The number of nitro groups is 1. The maximum absolute atomic E-state index is 11.7. The second kappa shape index (κ2) is 7.17. The van der Waals surface area contributed by atoms with Crippen LogP contribution >= 0.6 is 12.6 Å². The van der Waals surface area contributed by atoms with Crippen LogP contribution in [0.4, 0.5) is 5.69 Å². The minimum absolute atomic E-state index is 0.0199. The summed E-state index contributed by atoms with van der Waals surface area (Å²) in [6.45, 7) is 1.97. The molecule has 1 aromatic carbocycles. The number of nitrogens with zero attached hydrogens (tertiary/aromatic N) is 3. The molecule has 0 spiro atoms. The number of hydrogen-bond donors (Lipinski definition) is 3. The number of aliphatic hydroxyl groups is 1. The molecule has 7 nitrogen and oxygen atoms in total. The Morgan fingerprint density at radius 1 is 1.34 bits per heavy atom. The van der Waals surface area contributed by atoms with E-state index in [1.165, 1.54) is 12.1 Å². The Bertz CT molecular complexity index is 1040. The Balaban J connectivity index is 1.92. The Kier molecular flexibility index (Phi) is 4.81. The number of allylic oxidation sites excluding steroid dienone is 1. The van der Waals surface area contributed by atoms with Crippen LogP contribution in [-0.2, 0) is 0 Å². The van der Waals surface area contributed by atoms with Crippen LogP contribution in [0.1, 0.15) is 35.9 Å². The van der Waals surface area contributed by atoms with Gasteiger partial charge in [-0.3, -0.25) is 10.1 Å². The Labute approximate surface area is 173 Å². The van der Waals surface area contributed by atoms with Gasteiger partial charge in [-0.1, -0.05) is 12.1 Å². The van der Waals surface area contributed by atoms with Crippen LogP contribution in [-0.4, -0.2) is 15.8 Å². The van der Waals surface area contributed by atoms with Crippen molar-refractivity contribution in [2.45, 2.75) is 37.5 Å². The smallest absolute Gasteiger partial charge is 0.269 e. The van der Waals surface area contributed by atoms with Crippen molar-refractivity contribution in [3.63, 3.8) is 0 Å². The molecule has 0 saturated heterocycles. The summed E-state index contributed by atoms with van der Waals surface area (Å²) in [7, 11) is 0. The van der Waals surface area contributed by atoms with Gasteiger partial charge in [-0.25, -0.2) is 0 Å². The van der Waals surface area contributed by atoms with Crippen LogP contribution < -0.4 is 9.88 Å². The molecule has 3 atom stereocenters. The first-order valence-electron chi connectivity index (χ1n) is 9.40. The molecule has 8 heteroatoms. The van der Waals surface area contributed by atoms with Crippen LogP contribution in [0.3, 0.4) is 0 Å². The standard InChI is InChI=1S/C21H20N4O3S/c1-13-3-2-10-24(12-13)19-18(14-4-8-16(9-5-14)25(27)28)17(11-22)20(29)23-21(19,26)15-6-7-15/h2-5,8-10,12,15,18-19,23,26H,6-7H2,1H3/p+1/t18-,19+,21+/m1/s1. The van der Waals surface area contributed by atoms with Crippen molar-refractivity contribution in [1.82, 2.24) is 5.32 Å². The van der Waals surface area contributed by atoms with Gasteiger partial charge in [-0.05, 0) is 31.4 Å². The van der Waals surface area contributed by atoms with E-state index < -0.39 is 22.6 Å². The van der Waals surface area contributed by atoms with Gasteiger partial charge >= 0.3 is 0 Å². The van der Waals surface area contributed by atoms with E-state index in [9.17, 15) is 20.5 Å². The highest BCUT2D eigenvalue weighted by atomic mass is 32.1. The number of aryl methyl sites for hydroxylation is 1. The lowest BCUT2D eigenvalue weighted by molar-refractivity contribution is -0.742. The van der Waals surface area contributed by atoms with Gasteiger partial charge in [0.1, 0.15) is 0 Å². The maximum Gasteiger partial charge on any atom is 0.269 e. The second-order valence-electron chi connectivity index (χ2n) is 7.70.